The van der Waals surface area contributed by atoms with E-state index in [9.17, 15) is 8.78 Å². The van der Waals surface area contributed by atoms with Crippen molar-refractivity contribution in [3.63, 3.8) is 0 Å². The fourth-order valence-corrected chi connectivity index (χ4v) is 1.09. The quantitative estimate of drug-likeness (QED) is 0.762. The topological polar surface area (TPSA) is 54.4 Å². The summed E-state index contributed by atoms with van der Waals surface area (Å²) in [5, 5.41) is 11.5. The van der Waals surface area contributed by atoms with Gasteiger partial charge in [0.2, 0.25) is 5.88 Å². The molecule has 1 unspecified atom stereocenters. The van der Waals surface area contributed by atoms with Gasteiger partial charge in [-0.1, -0.05) is 6.07 Å². The lowest BCUT2D eigenvalue weighted by atomic mass is 10.2. The summed E-state index contributed by atoms with van der Waals surface area (Å²) < 4.78 is 28.7. The van der Waals surface area contributed by atoms with E-state index in [2.05, 4.69) is 10.3 Å². The number of ether oxygens (including phenoxy) is 1. The van der Waals surface area contributed by atoms with Crippen molar-refractivity contribution in [3.05, 3.63) is 23.9 Å². The molecule has 90 valence electrons. The van der Waals surface area contributed by atoms with Crippen LogP contribution in [0.5, 0.6) is 5.88 Å². The van der Waals surface area contributed by atoms with E-state index in [0.29, 0.717) is 12.4 Å². The first-order valence-corrected chi connectivity index (χ1v) is 4.79. The van der Waals surface area contributed by atoms with Crippen molar-refractivity contribution in [2.75, 3.05) is 13.7 Å². The van der Waals surface area contributed by atoms with E-state index in [1.807, 2.05) is 0 Å². The number of alkyl halides is 2. The van der Waals surface area contributed by atoms with Gasteiger partial charge < -0.3 is 15.2 Å². The minimum Gasteiger partial charge on any atom is -0.481 e. The Balaban J connectivity index is 2.31. The van der Waals surface area contributed by atoms with Crippen molar-refractivity contribution in [1.29, 1.82) is 0 Å². The molecule has 1 heterocycles. The van der Waals surface area contributed by atoms with Gasteiger partial charge in [0.25, 0.3) is 6.43 Å². The molecule has 4 nitrogen and oxygen atoms in total. The van der Waals surface area contributed by atoms with Gasteiger partial charge >= 0.3 is 0 Å². The van der Waals surface area contributed by atoms with Crippen LogP contribution in [0.25, 0.3) is 0 Å². The second-order valence-electron chi connectivity index (χ2n) is 3.24. The van der Waals surface area contributed by atoms with Crippen molar-refractivity contribution in [1.82, 2.24) is 10.3 Å². The third-order valence-electron chi connectivity index (χ3n) is 1.98. The highest BCUT2D eigenvalue weighted by Crippen LogP contribution is 2.06. The third kappa shape index (κ3) is 4.08. The van der Waals surface area contributed by atoms with E-state index in [1.165, 1.54) is 7.11 Å². The van der Waals surface area contributed by atoms with Gasteiger partial charge in [0.15, 0.2) is 0 Å². The molecule has 0 aliphatic rings. The Kier molecular flexibility index (Phi) is 5.07. The highest BCUT2D eigenvalue weighted by atomic mass is 19.3. The molecule has 0 fully saturated rings. The van der Waals surface area contributed by atoms with Crippen molar-refractivity contribution in [3.8, 4) is 5.88 Å². The Morgan fingerprint density at radius 1 is 1.50 bits per heavy atom. The zero-order chi connectivity index (χ0) is 12.0. The second kappa shape index (κ2) is 6.34. The van der Waals surface area contributed by atoms with E-state index >= 15 is 0 Å². The SMILES string of the molecule is COc1ccc(CNCC(O)C(F)F)cn1. The minimum atomic E-state index is -2.72. The Labute approximate surface area is 92.3 Å². The Morgan fingerprint density at radius 3 is 2.75 bits per heavy atom. The van der Waals surface area contributed by atoms with E-state index in [0.717, 1.165) is 5.56 Å². The lowest BCUT2D eigenvalue weighted by molar-refractivity contribution is -0.00341. The molecule has 6 heteroatoms. The van der Waals surface area contributed by atoms with Crippen LogP contribution in [0.2, 0.25) is 0 Å². The first-order valence-electron chi connectivity index (χ1n) is 4.79. The fraction of sp³-hybridized carbons (Fsp3) is 0.500. The molecule has 0 bridgehead atoms. The van der Waals surface area contributed by atoms with E-state index in [1.54, 1.807) is 18.3 Å². The van der Waals surface area contributed by atoms with Crippen LogP contribution in [0.4, 0.5) is 8.78 Å². The summed E-state index contributed by atoms with van der Waals surface area (Å²) in [6.45, 7) is 0.227. The molecule has 0 saturated heterocycles. The summed E-state index contributed by atoms with van der Waals surface area (Å²) in [5.74, 6) is 0.497. The summed E-state index contributed by atoms with van der Waals surface area (Å²) in [7, 11) is 1.51. The summed E-state index contributed by atoms with van der Waals surface area (Å²) in [4.78, 5) is 3.96. The smallest absolute Gasteiger partial charge is 0.265 e. The number of aliphatic hydroxyl groups is 1. The number of methoxy groups -OCH3 is 1. The van der Waals surface area contributed by atoms with Crippen molar-refractivity contribution >= 4 is 0 Å². The lowest BCUT2D eigenvalue weighted by Crippen LogP contribution is -2.31. The molecule has 16 heavy (non-hydrogen) atoms. The van der Waals surface area contributed by atoms with Gasteiger partial charge in [-0.05, 0) is 5.56 Å². The Bertz CT molecular complexity index is 306. The molecule has 1 aromatic rings. The van der Waals surface area contributed by atoms with E-state index in [-0.39, 0.29) is 6.54 Å². The van der Waals surface area contributed by atoms with Crippen molar-refractivity contribution in [2.24, 2.45) is 0 Å². The highest BCUT2D eigenvalue weighted by molar-refractivity contribution is 5.17. The maximum absolute atomic E-state index is 11.9. The second-order valence-corrected chi connectivity index (χ2v) is 3.24. The molecule has 1 rings (SSSR count). The number of aromatic nitrogens is 1. The zero-order valence-corrected chi connectivity index (χ0v) is 8.86. The Morgan fingerprint density at radius 2 is 2.25 bits per heavy atom. The van der Waals surface area contributed by atoms with Crippen LogP contribution in [-0.4, -0.2) is 36.3 Å². The molecule has 0 saturated carbocycles. The van der Waals surface area contributed by atoms with Gasteiger partial charge in [0.1, 0.15) is 6.10 Å². The zero-order valence-electron chi connectivity index (χ0n) is 8.86. The average molecular weight is 232 g/mol. The number of nitrogens with one attached hydrogen (secondary N) is 1. The number of hydrogen-bond donors (Lipinski definition) is 2. The molecule has 1 atom stereocenters. The molecule has 0 amide bonds. The van der Waals surface area contributed by atoms with Gasteiger partial charge in [0, 0.05) is 25.4 Å². The molecule has 0 aliphatic heterocycles. The first kappa shape index (κ1) is 12.8. The highest BCUT2D eigenvalue weighted by Gasteiger charge is 2.15. The number of hydrogen-bond acceptors (Lipinski definition) is 4. The van der Waals surface area contributed by atoms with Gasteiger partial charge in [-0.15, -0.1) is 0 Å². The number of halogens is 2. The summed E-state index contributed by atoms with van der Waals surface area (Å²) in [6, 6.07) is 3.45. The average Bonchev–Trinajstić information content (AvgIpc) is 2.29. The van der Waals surface area contributed by atoms with Gasteiger partial charge in [0.05, 0.1) is 7.11 Å². The summed E-state index contributed by atoms with van der Waals surface area (Å²) >= 11 is 0. The van der Waals surface area contributed by atoms with Gasteiger partial charge in [-0.25, -0.2) is 13.8 Å². The van der Waals surface area contributed by atoms with Crippen LogP contribution < -0.4 is 10.1 Å². The number of pyridine rings is 1. The van der Waals surface area contributed by atoms with Crippen LogP contribution in [0.15, 0.2) is 18.3 Å². The molecular formula is C10H14F2N2O2. The molecule has 0 aliphatic carbocycles. The van der Waals surface area contributed by atoms with Crippen LogP contribution in [0, 0.1) is 0 Å². The molecule has 1 aromatic heterocycles. The first-order chi connectivity index (χ1) is 7.63. The minimum absolute atomic E-state index is 0.149. The monoisotopic (exact) mass is 232 g/mol. The van der Waals surface area contributed by atoms with Crippen molar-refractivity contribution in [2.45, 2.75) is 19.1 Å². The molecular weight excluding hydrogens is 218 g/mol. The number of aliphatic hydroxyl groups excluding tert-OH is 1. The maximum atomic E-state index is 11.9. The molecule has 0 spiro atoms. The van der Waals surface area contributed by atoms with Gasteiger partial charge in [-0.2, -0.15) is 0 Å². The maximum Gasteiger partial charge on any atom is 0.265 e. The molecule has 0 radical (unpaired) electrons. The predicted octanol–water partition coefficient (Wildman–Crippen LogP) is 0.806. The third-order valence-corrected chi connectivity index (χ3v) is 1.98. The molecule has 0 aromatic carbocycles. The van der Waals surface area contributed by atoms with Crippen LogP contribution >= 0.6 is 0 Å². The largest absolute Gasteiger partial charge is 0.481 e. The Hall–Kier alpha value is -1.27. The fourth-order valence-electron chi connectivity index (χ4n) is 1.09. The van der Waals surface area contributed by atoms with E-state index in [4.69, 9.17) is 9.84 Å². The molecule has 2 N–H and O–H groups in total. The van der Waals surface area contributed by atoms with E-state index < -0.39 is 12.5 Å². The predicted molar refractivity (Wildman–Crippen MR) is 54.5 cm³/mol. The van der Waals surface area contributed by atoms with Crippen LogP contribution in [-0.2, 0) is 6.54 Å². The summed E-state index contributed by atoms with van der Waals surface area (Å²) in [5.41, 5.74) is 0.835. The van der Waals surface area contributed by atoms with Gasteiger partial charge in [-0.3, -0.25) is 0 Å². The standard InChI is InChI=1S/C10H14F2N2O2/c1-16-9-3-2-7(5-14-9)4-13-6-8(15)10(11)12/h2-3,5,8,10,13,15H,4,6H2,1H3. The van der Waals surface area contributed by atoms with Crippen molar-refractivity contribution < 1.29 is 18.6 Å². The van der Waals surface area contributed by atoms with Crippen LogP contribution in [0.3, 0.4) is 0 Å². The number of rotatable bonds is 6. The van der Waals surface area contributed by atoms with Crippen LogP contribution in [0.1, 0.15) is 5.56 Å². The lowest BCUT2D eigenvalue weighted by Gasteiger charge is -2.10. The normalized spacial score (nSPS) is 12.8. The summed E-state index contributed by atoms with van der Waals surface area (Å²) in [6.07, 6.45) is -2.77. The number of nitrogens with zero attached hydrogens (tertiary/aromatic N) is 1.